The van der Waals surface area contributed by atoms with E-state index < -0.39 is 35.6 Å². The van der Waals surface area contributed by atoms with Gasteiger partial charge in [0.25, 0.3) is 0 Å². The van der Waals surface area contributed by atoms with Crippen LogP contribution in [0.3, 0.4) is 0 Å². The Bertz CT molecular complexity index is 1160. The van der Waals surface area contributed by atoms with E-state index in [2.05, 4.69) is 18.0 Å². The zero-order chi connectivity index (χ0) is 26.4. The maximum atomic E-state index is 13.3. The molecule has 196 valence electrons. The van der Waals surface area contributed by atoms with E-state index in [0.29, 0.717) is 35.2 Å². The van der Waals surface area contributed by atoms with Gasteiger partial charge in [-0.15, -0.1) is 0 Å². The Kier molecular flexibility index (Phi) is 7.45. The van der Waals surface area contributed by atoms with Crippen LogP contribution in [-0.4, -0.2) is 39.2 Å². The molecule has 1 aromatic heterocycles. The number of cyclic esters (lactones) is 1. The number of hydrogen-bond donors (Lipinski definition) is 2. The van der Waals surface area contributed by atoms with Crippen LogP contribution < -0.4 is 0 Å². The van der Waals surface area contributed by atoms with Crippen LogP contribution in [0.4, 0.5) is 0 Å². The second-order valence-corrected chi connectivity index (χ2v) is 11.5. The van der Waals surface area contributed by atoms with Crippen LogP contribution in [0, 0.1) is 36.0 Å². The Labute approximate surface area is 212 Å². The Hall–Kier alpha value is -2.51. The molecule has 36 heavy (non-hydrogen) atoms. The highest BCUT2D eigenvalue weighted by Crippen LogP contribution is 2.50. The molecular weight excluding hydrogens is 458 g/mol. The standard InChI is InChI=1S/C29H39NO6/c1-15-7-9-23(19-8-10-24-22(13-19)30-18(4)35-24)36-26(32)14-25(31)29(5,6)28(34)17(3)27(33)16(2)21-12-20(21)11-15/h7-8,10,13,16-17,20-21,23,25,27,31,33H,9,11-12,14H2,1-6H3/b15-7-/t16-,17+,20?,21?,23-,25-,27-/m0/s1. The number of ketones is 1. The Morgan fingerprint density at radius 3 is 2.53 bits per heavy atom. The lowest BCUT2D eigenvalue weighted by molar-refractivity contribution is -0.155. The lowest BCUT2D eigenvalue weighted by atomic mass is 9.72. The molecule has 7 heteroatoms. The van der Waals surface area contributed by atoms with Crippen molar-refractivity contribution in [3.05, 3.63) is 41.3 Å². The van der Waals surface area contributed by atoms with Crippen molar-refractivity contribution in [2.75, 3.05) is 0 Å². The number of fused-ring (bicyclic) bond motifs is 2. The van der Waals surface area contributed by atoms with Crippen molar-refractivity contribution in [2.24, 2.45) is 29.1 Å². The van der Waals surface area contributed by atoms with Gasteiger partial charge < -0.3 is 19.4 Å². The van der Waals surface area contributed by atoms with E-state index in [1.165, 1.54) is 5.57 Å². The van der Waals surface area contributed by atoms with Gasteiger partial charge in [0.1, 0.15) is 17.4 Å². The molecule has 2 N–H and O–H groups in total. The summed E-state index contributed by atoms with van der Waals surface area (Å²) < 4.78 is 11.5. The summed E-state index contributed by atoms with van der Waals surface area (Å²) in [5.74, 6) is -0.0795. The number of aliphatic hydroxyl groups is 2. The van der Waals surface area contributed by atoms with E-state index >= 15 is 0 Å². The normalized spacial score (nSPS) is 35.6. The largest absolute Gasteiger partial charge is 0.457 e. The van der Waals surface area contributed by atoms with Crippen LogP contribution in [0.2, 0.25) is 0 Å². The minimum atomic E-state index is -1.23. The fourth-order valence-corrected chi connectivity index (χ4v) is 5.70. The van der Waals surface area contributed by atoms with Crippen molar-refractivity contribution in [3.8, 4) is 0 Å². The van der Waals surface area contributed by atoms with E-state index in [1.54, 1.807) is 27.7 Å². The maximum Gasteiger partial charge on any atom is 0.309 e. The second-order valence-electron chi connectivity index (χ2n) is 11.5. The number of aliphatic hydroxyl groups excluding tert-OH is 2. The Morgan fingerprint density at radius 1 is 1.08 bits per heavy atom. The van der Waals surface area contributed by atoms with Crippen LogP contribution in [-0.2, 0) is 14.3 Å². The predicted molar refractivity (Wildman–Crippen MR) is 136 cm³/mol. The summed E-state index contributed by atoms with van der Waals surface area (Å²) in [7, 11) is 0. The number of carbonyl (C=O) groups excluding carboxylic acids is 2. The number of oxazole rings is 1. The molecule has 1 saturated carbocycles. The molecule has 0 radical (unpaired) electrons. The third kappa shape index (κ3) is 5.42. The number of nitrogens with zero attached hydrogens (tertiary/aromatic N) is 1. The van der Waals surface area contributed by atoms with E-state index in [9.17, 15) is 19.8 Å². The number of esters is 1. The SMILES string of the molecule is C/C1=C/C[C@@H](c2ccc3oc(C)nc3c2)OC(=O)C[C@H](O)C(C)(C)C(=O)[C@H](C)[C@@H](O)[C@@H](C)C2CC2C1. The number of Topliss-reactive ketones (excluding diaryl/α,β-unsaturated/α-hetero) is 1. The Morgan fingerprint density at radius 2 is 1.81 bits per heavy atom. The summed E-state index contributed by atoms with van der Waals surface area (Å²) in [4.78, 5) is 30.7. The molecule has 1 aliphatic carbocycles. The molecule has 1 aromatic carbocycles. The summed E-state index contributed by atoms with van der Waals surface area (Å²) in [6.45, 7) is 10.9. The lowest BCUT2D eigenvalue weighted by Gasteiger charge is -2.34. The van der Waals surface area contributed by atoms with Crippen LogP contribution in [0.5, 0.6) is 0 Å². The smallest absolute Gasteiger partial charge is 0.309 e. The molecule has 2 unspecified atom stereocenters. The van der Waals surface area contributed by atoms with Crippen molar-refractivity contribution < 1.29 is 29.0 Å². The summed E-state index contributed by atoms with van der Waals surface area (Å²) in [5.41, 5.74) is 2.17. The van der Waals surface area contributed by atoms with Gasteiger partial charge >= 0.3 is 5.97 Å². The number of ether oxygens (including phenoxy) is 1. The summed E-state index contributed by atoms with van der Waals surface area (Å²) in [6, 6.07) is 5.57. The fourth-order valence-electron chi connectivity index (χ4n) is 5.70. The fraction of sp³-hybridized carbons (Fsp3) is 0.621. The van der Waals surface area contributed by atoms with Crippen molar-refractivity contribution in [3.63, 3.8) is 0 Å². The molecule has 0 spiro atoms. The van der Waals surface area contributed by atoms with Gasteiger partial charge in [-0.25, -0.2) is 4.98 Å². The van der Waals surface area contributed by atoms with Crippen LogP contribution in [0.15, 0.2) is 34.3 Å². The molecule has 7 nitrogen and oxygen atoms in total. The average molecular weight is 498 g/mol. The van der Waals surface area contributed by atoms with Crippen molar-refractivity contribution in [2.45, 2.75) is 85.5 Å². The van der Waals surface area contributed by atoms with Gasteiger partial charge in [0, 0.05) is 19.3 Å². The number of rotatable bonds is 1. The number of allylic oxidation sites excluding steroid dienone is 1. The van der Waals surface area contributed by atoms with Crippen LogP contribution in [0.25, 0.3) is 11.1 Å². The van der Waals surface area contributed by atoms with Gasteiger partial charge in [0.05, 0.1) is 24.0 Å². The van der Waals surface area contributed by atoms with Gasteiger partial charge in [0.15, 0.2) is 11.5 Å². The lowest BCUT2D eigenvalue weighted by Crippen LogP contribution is -2.45. The summed E-state index contributed by atoms with van der Waals surface area (Å²) >= 11 is 0. The number of carbonyl (C=O) groups is 2. The molecule has 1 fully saturated rings. The van der Waals surface area contributed by atoms with Gasteiger partial charge in [0.2, 0.25) is 0 Å². The molecule has 0 saturated heterocycles. The van der Waals surface area contributed by atoms with Crippen LogP contribution in [0.1, 0.15) is 77.9 Å². The molecule has 2 aliphatic rings. The molecule has 2 heterocycles. The van der Waals surface area contributed by atoms with Crippen molar-refractivity contribution in [1.82, 2.24) is 4.98 Å². The number of aromatic nitrogens is 1. The molecule has 0 amide bonds. The minimum absolute atomic E-state index is 0.0158. The van der Waals surface area contributed by atoms with E-state index in [0.717, 1.165) is 18.4 Å². The first-order valence-corrected chi connectivity index (χ1v) is 13.0. The molecule has 1 aliphatic heterocycles. The molecule has 0 bridgehead atoms. The van der Waals surface area contributed by atoms with E-state index in [-0.39, 0.29) is 18.1 Å². The van der Waals surface area contributed by atoms with Gasteiger partial charge in [-0.1, -0.05) is 45.4 Å². The van der Waals surface area contributed by atoms with Crippen LogP contribution >= 0.6 is 0 Å². The molecular formula is C29H39NO6. The zero-order valence-electron chi connectivity index (χ0n) is 22.2. The van der Waals surface area contributed by atoms with E-state index in [1.807, 2.05) is 25.1 Å². The second kappa shape index (κ2) is 10.1. The monoisotopic (exact) mass is 497 g/mol. The third-order valence-corrected chi connectivity index (χ3v) is 8.37. The summed E-state index contributed by atoms with van der Waals surface area (Å²) in [6.07, 6.45) is 1.66. The first-order valence-electron chi connectivity index (χ1n) is 13.0. The zero-order valence-corrected chi connectivity index (χ0v) is 22.2. The number of aryl methyl sites for hydroxylation is 1. The molecule has 4 rings (SSSR count). The highest BCUT2D eigenvalue weighted by atomic mass is 16.5. The topological polar surface area (TPSA) is 110 Å². The molecule has 2 aromatic rings. The third-order valence-electron chi connectivity index (χ3n) is 8.37. The highest BCUT2D eigenvalue weighted by molar-refractivity contribution is 5.88. The van der Waals surface area contributed by atoms with Crippen molar-refractivity contribution in [1.29, 1.82) is 0 Å². The average Bonchev–Trinajstić information content (AvgIpc) is 3.48. The Balaban J connectivity index is 1.64. The first kappa shape index (κ1) is 26.6. The first-order chi connectivity index (χ1) is 16.9. The predicted octanol–water partition coefficient (Wildman–Crippen LogP) is 5.08. The maximum absolute atomic E-state index is 13.3. The minimum Gasteiger partial charge on any atom is -0.457 e. The van der Waals surface area contributed by atoms with E-state index in [4.69, 9.17) is 9.15 Å². The quantitative estimate of drug-likeness (QED) is 0.418. The number of hydrogen-bond acceptors (Lipinski definition) is 7. The molecule has 7 atom stereocenters. The summed E-state index contributed by atoms with van der Waals surface area (Å²) in [5, 5.41) is 21.9. The van der Waals surface area contributed by atoms with Gasteiger partial charge in [-0.2, -0.15) is 0 Å². The van der Waals surface area contributed by atoms with Gasteiger partial charge in [-0.3, -0.25) is 9.59 Å². The number of benzene rings is 1. The van der Waals surface area contributed by atoms with Gasteiger partial charge in [-0.05, 0) is 55.2 Å². The van der Waals surface area contributed by atoms with Crippen molar-refractivity contribution >= 4 is 22.9 Å². The highest BCUT2D eigenvalue weighted by Gasteiger charge is 2.47.